The number of carbonyl (C=O) groups excluding carboxylic acids is 1. The Morgan fingerprint density at radius 1 is 1.17 bits per heavy atom. The highest BCUT2D eigenvalue weighted by Crippen LogP contribution is 2.24. The van der Waals surface area contributed by atoms with Gasteiger partial charge in [0.25, 0.3) is 5.91 Å². The van der Waals surface area contributed by atoms with Gasteiger partial charge in [0.1, 0.15) is 5.82 Å². The Balaban J connectivity index is 1.57. The molecule has 5 nitrogen and oxygen atoms in total. The summed E-state index contributed by atoms with van der Waals surface area (Å²) >= 11 is 6.09. The van der Waals surface area contributed by atoms with E-state index in [-0.39, 0.29) is 11.7 Å². The van der Waals surface area contributed by atoms with Crippen molar-refractivity contribution in [1.29, 1.82) is 0 Å². The molecule has 0 aliphatic heterocycles. The first-order valence-corrected chi connectivity index (χ1v) is 7.62. The first-order chi connectivity index (χ1) is 11.6. The molecule has 24 heavy (non-hydrogen) atoms. The van der Waals surface area contributed by atoms with E-state index in [1.54, 1.807) is 12.1 Å². The van der Waals surface area contributed by atoms with Crippen molar-refractivity contribution in [3.05, 3.63) is 70.8 Å². The van der Waals surface area contributed by atoms with Gasteiger partial charge in [0, 0.05) is 24.1 Å². The highest BCUT2D eigenvalue weighted by molar-refractivity contribution is 6.33. The molecule has 0 atom stereocenters. The van der Waals surface area contributed by atoms with Crippen LogP contribution in [-0.2, 0) is 6.42 Å². The summed E-state index contributed by atoms with van der Waals surface area (Å²) in [6.07, 6.45) is 0.379. The molecule has 0 aliphatic carbocycles. The standard InChI is InChI=1S/C17H13ClFN3O2/c18-14-4-2-1-3-13(14)16-21-15(24-22-16)9-10-20-17(23)11-5-7-12(19)8-6-11/h1-8H,9-10H2,(H,20,23). The van der Waals surface area contributed by atoms with E-state index in [1.807, 2.05) is 12.1 Å². The van der Waals surface area contributed by atoms with Crippen molar-refractivity contribution in [3.63, 3.8) is 0 Å². The second-order valence-electron chi connectivity index (χ2n) is 5.00. The van der Waals surface area contributed by atoms with E-state index in [2.05, 4.69) is 15.5 Å². The molecule has 0 saturated carbocycles. The molecule has 7 heteroatoms. The maximum Gasteiger partial charge on any atom is 0.251 e. The van der Waals surface area contributed by atoms with Crippen molar-refractivity contribution >= 4 is 17.5 Å². The van der Waals surface area contributed by atoms with Crippen LogP contribution in [0.4, 0.5) is 4.39 Å². The van der Waals surface area contributed by atoms with Crippen molar-refractivity contribution in [2.75, 3.05) is 6.54 Å². The van der Waals surface area contributed by atoms with E-state index in [1.165, 1.54) is 24.3 Å². The number of halogens is 2. The number of carbonyl (C=O) groups is 1. The zero-order chi connectivity index (χ0) is 16.9. The SMILES string of the molecule is O=C(NCCc1nc(-c2ccccc2Cl)no1)c1ccc(F)cc1. The number of nitrogens with zero attached hydrogens (tertiary/aromatic N) is 2. The van der Waals surface area contributed by atoms with E-state index in [4.69, 9.17) is 16.1 Å². The maximum atomic E-state index is 12.8. The summed E-state index contributed by atoms with van der Waals surface area (Å²) in [6.45, 7) is 0.320. The van der Waals surface area contributed by atoms with Gasteiger partial charge in [-0.05, 0) is 36.4 Å². The molecule has 3 rings (SSSR count). The van der Waals surface area contributed by atoms with Gasteiger partial charge in [0.05, 0.1) is 5.02 Å². The van der Waals surface area contributed by atoms with Crippen molar-refractivity contribution < 1.29 is 13.7 Å². The van der Waals surface area contributed by atoms with Crippen LogP contribution < -0.4 is 5.32 Å². The van der Waals surface area contributed by atoms with Crippen molar-refractivity contribution in [1.82, 2.24) is 15.5 Å². The van der Waals surface area contributed by atoms with Crippen LogP contribution >= 0.6 is 11.6 Å². The summed E-state index contributed by atoms with van der Waals surface area (Å²) in [7, 11) is 0. The molecule has 3 aromatic rings. The molecule has 1 aromatic heterocycles. The van der Waals surface area contributed by atoms with Crippen LogP contribution in [0.5, 0.6) is 0 Å². The van der Waals surface area contributed by atoms with Gasteiger partial charge in [-0.2, -0.15) is 4.98 Å². The number of amides is 1. The third-order valence-electron chi connectivity index (χ3n) is 3.31. The van der Waals surface area contributed by atoms with Gasteiger partial charge in [-0.3, -0.25) is 4.79 Å². The number of rotatable bonds is 5. The summed E-state index contributed by atoms with van der Waals surface area (Å²) in [5.41, 5.74) is 1.07. The van der Waals surface area contributed by atoms with Gasteiger partial charge in [0.15, 0.2) is 0 Å². The summed E-state index contributed by atoms with van der Waals surface area (Å²) in [5.74, 6) is 0.121. The third-order valence-corrected chi connectivity index (χ3v) is 3.64. The summed E-state index contributed by atoms with van der Waals surface area (Å²) in [5, 5.41) is 7.14. The zero-order valence-corrected chi connectivity index (χ0v) is 13.3. The molecule has 1 N–H and O–H groups in total. The zero-order valence-electron chi connectivity index (χ0n) is 12.5. The van der Waals surface area contributed by atoms with E-state index >= 15 is 0 Å². The lowest BCUT2D eigenvalue weighted by Gasteiger charge is -2.03. The molecule has 1 heterocycles. The van der Waals surface area contributed by atoms with Crippen LogP contribution in [0, 0.1) is 5.82 Å². The van der Waals surface area contributed by atoms with Crippen LogP contribution in [0.3, 0.4) is 0 Å². The molecule has 0 saturated heterocycles. The molecule has 2 aromatic carbocycles. The van der Waals surface area contributed by atoms with E-state index in [0.29, 0.717) is 40.8 Å². The molecule has 0 radical (unpaired) electrons. The lowest BCUT2D eigenvalue weighted by Crippen LogP contribution is -2.25. The van der Waals surface area contributed by atoms with E-state index in [0.717, 1.165) is 0 Å². The fourth-order valence-corrected chi connectivity index (χ4v) is 2.31. The Morgan fingerprint density at radius 2 is 1.92 bits per heavy atom. The second-order valence-corrected chi connectivity index (χ2v) is 5.41. The first-order valence-electron chi connectivity index (χ1n) is 7.25. The van der Waals surface area contributed by atoms with Crippen molar-refractivity contribution in [3.8, 4) is 11.4 Å². The minimum Gasteiger partial charge on any atom is -0.352 e. The molecular weight excluding hydrogens is 333 g/mol. The van der Waals surface area contributed by atoms with Crippen molar-refractivity contribution in [2.45, 2.75) is 6.42 Å². The molecule has 0 aliphatic rings. The first kappa shape index (κ1) is 16.1. The number of hydrogen-bond donors (Lipinski definition) is 1. The fraction of sp³-hybridized carbons (Fsp3) is 0.118. The molecule has 1 amide bonds. The fourth-order valence-electron chi connectivity index (χ4n) is 2.09. The normalized spacial score (nSPS) is 10.6. The van der Waals surface area contributed by atoms with Crippen LogP contribution in [-0.4, -0.2) is 22.6 Å². The Bertz CT molecular complexity index is 849. The minimum atomic E-state index is -0.385. The number of nitrogens with one attached hydrogen (secondary N) is 1. The average Bonchev–Trinajstić information content (AvgIpc) is 3.04. The van der Waals surface area contributed by atoms with Gasteiger partial charge in [-0.25, -0.2) is 4.39 Å². The Labute approximate surface area is 142 Å². The second kappa shape index (κ2) is 7.23. The van der Waals surface area contributed by atoms with Crippen LogP contribution in [0.2, 0.25) is 5.02 Å². The predicted octanol–water partition coefficient (Wildman–Crippen LogP) is 3.50. The molecule has 0 fully saturated rings. The topological polar surface area (TPSA) is 68.0 Å². The van der Waals surface area contributed by atoms with E-state index in [9.17, 15) is 9.18 Å². The maximum absolute atomic E-state index is 12.8. The van der Waals surface area contributed by atoms with Gasteiger partial charge in [0.2, 0.25) is 11.7 Å². The summed E-state index contributed by atoms with van der Waals surface area (Å²) in [4.78, 5) is 16.2. The quantitative estimate of drug-likeness (QED) is 0.768. The molecule has 0 unspecified atom stereocenters. The summed E-state index contributed by atoms with van der Waals surface area (Å²) in [6, 6.07) is 12.5. The number of benzene rings is 2. The molecular formula is C17H13ClFN3O2. The number of hydrogen-bond acceptors (Lipinski definition) is 4. The molecule has 0 spiro atoms. The minimum absolute atomic E-state index is 0.291. The van der Waals surface area contributed by atoms with Crippen LogP contribution in [0.1, 0.15) is 16.2 Å². The number of aromatic nitrogens is 2. The lowest BCUT2D eigenvalue weighted by molar-refractivity contribution is 0.0953. The van der Waals surface area contributed by atoms with Gasteiger partial charge >= 0.3 is 0 Å². The van der Waals surface area contributed by atoms with Gasteiger partial charge in [-0.1, -0.05) is 28.9 Å². The largest absolute Gasteiger partial charge is 0.352 e. The smallest absolute Gasteiger partial charge is 0.251 e. The van der Waals surface area contributed by atoms with Gasteiger partial charge in [-0.15, -0.1) is 0 Å². The van der Waals surface area contributed by atoms with Gasteiger partial charge < -0.3 is 9.84 Å². The lowest BCUT2D eigenvalue weighted by atomic mass is 10.2. The average molecular weight is 346 g/mol. The predicted molar refractivity (Wildman–Crippen MR) is 87.2 cm³/mol. The highest BCUT2D eigenvalue weighted by atomic mass is 35.5. The van der Waals surface area contributed by atoms with E-state index < -0.39 is 0 Å². The third kappa shape index (κ3) is 3.78. The Hall–Kier alpha value is -2.73. The Morgan fingerprint density at radius 3 is 2.67 bits per heavy atom. The molecule has 0 bridgehead atoms. The van der Waals surface area contributed by atoms with Crippen LogP contribution in [0.15, 0.2) is 53.1 Å². The Kier molecular flexibility index (Phi) is 4.86. The van der Waals surface area contributed by atoms with Crippen LogP contribution in [0.25, 0.3) is 11.4 Å². The van der Waals surface area contributed by atoms with Crippen molar-refractivity contribution in [2.24, 2.45) is 0 Å². The highest BCUT2D eigenvalue weighted by Gasteiger charge is 2.12. The molecule has 122 valence electrons. The monoisotopic (exact) mass is 345 g/mol. The summed E-state index contributed by atoms with van der Waals surface area (Å²) < 4.78 is 18.0.